The first kappa shape index (κ1) is 24.6. The number of pyridine rings is 1. The summed E-state index contributed by atoms with van der Waals surface area (Å²) in [7, 11) is 1.87. The molecule has 2 aromatic carbocycles. The summed E-state index contributed by atoms with van der Waals surface area (Å²) in [4.78, 5) is 18.0. The summed E-state index contributed by atoms with van der Waals surface area (Å²) in [5.41, 5.74) is 11.0. The molecule has 0 spiro atoms. The highest BCUT2D eigenvalue weighted by Crippen LogP contribution is 2.35. The molecule has 196 valence electrons. The third kappa shape index (κ3) is 4.38. The van der Waals surface area contributed by atoms with E-state index in [1.165, 1.54) is 0 Å². The maximum Gasteiger partial charge on any atom is 0.313 e. The molecule has 6 rings (SSSR count). The number of nitrogens with one attached hydrogen (secondary N) is 1. The Balaban J connectivity index is 1.48. The van der Waals surface area contributed by atoms with Gasteiger partial charge < -0.3 is 19.9 Å². The SMILES string of the molecule is Cc1cc(C(C)Nc2ccc(Cl)nc2-c2nnc(N)o2)c2oc(-c3ccc4nn(C)cc4c3)c(C)c(=O)c2c1. The molecule has 0 aliphatic rings. The van der Waals surface area contributed by atoms with Crippen LogP contribution < -0.4 is 16.5 Å². The van der Waals surface area contributed by atoms with Crippen LogP contribution in [0.4, 0.5) is 11.7 Å². The van der Waals surface area contributed by atoms with Gasteiger partial charge in [0.15, 0.2) is 11.1 Å². The molecule has 3 N–H and O–H groups in total. The Morgan fingerprint density at radius 1 is 1.08 bits per heavy atom. The Kier molecular flexibility index (Phi) is 5.84. The van der Waals surface area contributed by atoms with E-state index in [0.717, 1.165) is 27.6 Å². The highest BCUT2D eigenvalue weighted by molar-refractivity contribution is 6.29. The standard InChI is InChI=1S/C28H24ClN7O3/c1-13-9-18(15(3)31-21-7-8-22(29)32-23(21)27-33-34-28(30)39-27)26-19(10-13)24(37)14(2)25(38-26)16-5-6-20-17(11-16)12-36(4)35-20/h5-12,15,31H,1-4H3,(H2,30,34). The van der Waals surface area contributed by atoms with Crippen LogP contribution in [0, 0.1) is 13.8 Å². The third-order valence-corrected chi connectivity index (χ3v) is 6.83. The van der Waals surface area contributed by atoms with Gasteiger partial charge >= 0.3 is 6.01 Å². The van der Waals surface area contributed by atoms with Crippen LogP contribution in [-0.4, -0.2) is 25.0 Å². The van der Waals surface area contributed by atoms with E-state index < -0.39 is 0 Å². The van der Waals surface area contributed by atoms with E-state index in [2.05, 4.69) is 25.6 Å². The van der Waals surface area contributed by atoms with Crippen molar-refractivity contribution in [2.45, 2.75) is 26.8 Å². The number of hydrogen-bond donors (Lipinski definition) is 2. The van der Waals surface area contributed by atoms with Gasteiger partial charge in [0.2, 0.25) is 0 Å². The van der Waals surface area contributed by atoms with E-state index in [-0.39, 0.29) is 28.5 Å². The van der Waals surface area contributed by atoms with Crippen LogP contribution in [0.3, 0.4) is 0 Å². The molecule has 1 unspecified atom stereocenters. The van der Waals surface area contributed by atoms with Gasteiger partial charge in [-0.15, -0.1) is 5.10 Å². The van der Waals surface area contributed by atoms with E-state index in [0.29, 0.717) is 33.7 Å². The number of halogens is 1. The van der Waals surface area contributed by atoms with Gasteiger partial charge in [-0.1, -0.05) is 22.8 Å². The van der Waals surface area contributed by atoms with Crippen LogP contribution in [0.2, 0.25) is 5.15 Å². The number of benzene rings is 2. The van der Waals surface area contributed by atoms with Crippen molar-refractivity contribution in [3.63, 3.8) is 0 Å². The fourth-order valence-corrected chi connectivity index (χ4v) is 4.96. The molecule has 0 aliphatic heterocycles. The van der Waals surface area contributed by atoms with E-state index >= 15 is 0 Å². The van der Waals surface area contributed by atoms with Crippen LogP contribution >= 0.6 is 11.6 Å². The maximum absolute atomic E-state index is 13.6. The highest BCUT2D eigenvalue weighted by Gasteiger charge is 2.21. The lowest BCUT2D eigenvalue weighted by atomic mass is 9.98. The van der Waals surface area contributed by atoms with Gasteiger partial charge in [-0.05, 0) is 62.7 Å². The normalized spacial score (nSPS) is 12.3. The number of aryl methyl sites for hydroxylation is 2. The minimum absolute atomic E-state index is 0.0788. The van der Waals surface area contributed by atoms with Crippen molar-refractivity contribution in [2.75, 3.05) is 11.1 Å². The molecule has 0 aliphatic carbocycles. The number of nitrogens with two attached hydrogens (primary N) is 1. The zero-order valence-corrected chi connectivity index (χ0v) is 22.4. The zero-order chi connectivity index (χ0) is 27.4. The monoisotopic (exact) mass is 541 g/mol. The molecule has 0 radical (unpaired) electrons. The second-order valence-electron chi connectivity index (χ2n) is 9.53. The number of anilines is 2. The lowest BCUT2D eigenvalue weighted by Gasteiger charge is -2.20. The fourth-order valence-electron chi connectivity index (χ4n) is 4.81. The molecule has 0 saturated heterocycles. The van der Waals surface area contributed by atoms with Gasteiger partial charge in [-0.3, -0.25) is 9.48 Å². The summed E-state index contributed by atoms with van der Waals surface area (Å²) >= 11 is 6.16. The van der Waals surface area contributed by atoms with Crippen molar-refractivity contribution in [3.8, 4) is 22.9 Å². The maximum atomic E-state index is 13.6. The number of hydrogen-bond acceptors (Lipinski definition) is 9. The topological polar surface area (TPSA) is 138 Å². The molecule has 0 fully saturated rings. The molecule has 39 heavy (non-hydrogen) atoms. The minimum atomic E-state index is -0.311. The molecular formula is C28H24ClN7O3. The number of aromatic nitrogens is 5. The van der Waals surface area contributed by atoms with E-state index in [4.69, 9.17) is 26.2 Å². The summed E-state index contributed by atoms with van der Waals surface area (Å²) in [6.45, 7) is 5.71. The van der Waals surface area contributed by atoms with Gasteiger partial charge in [0, 0.05) is 35.3 Å². The summed E-state index contributed by atoms with van der Waals surface area (Å²) in [6.07, 6.45) is 1.93. The van der Waals surface area contributed by atoms with Crippen LogP contribution in [0.25, 0.3) is 44.8 Å². The Morgan fingerprint density at radius 2 is 1.90 bits per heavy atom. The summed E-state index contributed by atoms with van der Waals surface area (Å²) < 4.78 is 13.7. The number of nitrogens with zero attached hydrogens (tertiary/aromatic N) is 5. The number of nitrogen functional groups attached to an aromatic ring is 1. The first-order chi connectivity index (χ1) is 18.7. The Labute approximate surface area is 227 Å². The molecule has 0 saturated carbocycles. The minimum Gasteiger partial charge on any atom is -0.455 e. The molecule has 4 heterocycles. The third-order valence-electron chi connectivity index (χ3n) is 6.62. The van der Waals surface area contributed by atoms with Crippen molar-refractivity contribution >= 4 is 45.2 Å². The number of fused-ring (bicyclic) bond motifs is 2. The van der Waals surface area contributed by atoms with Crippen molar-refractivity contribution in [1.29, 1.82) is 0 Å². The van der Waals surface area contributed by atoms with Crippen LogP contribution in [-0.2, 0) is 7.05 Å². The molecule has 6 aromatic rings. The lowest BCUT2D eigenvalue weighted by Crippen LogP contribution is -2.13. The van der Waals surface area contributed by atoms with Gasteiger partial charge in [0.05, 0.1) is 22.6 Å². The average molecular weight is 542 g/mol. The molecule has 11 heteroatoms. The Bertz CT molecular complexity index is 1960. The van der Waals surface area contributed by atoms with E-state index in [1.54, 1.807) is 23.7 Å². The first-order valence-corrected chi connectivity index (χ1v) is 12.6. The predicted octanol–water partition coefficient (Wildman–Crippen LogP) is 5.82. The van der Waals surface area contributed by atoms with Crippen molar-refractivity contribution in [2.24, 2.45) is 7.05 Å². The first-order valence-electron chi connectivity index (χ1n) is 12.2. The van der Waals surface area contributed by atoms with E-state index in [9.17, 15) is 4.79 Å². The van der Waals surface area contributed by atoms with Crippen LogP contribution in [0.5, 0.6) is 0 Å². The quantitative estimate of drug-likeness (QED) is 0.258. The summed E-state index contributed by atoms with van der Waals surface area (Å²) in [5, 5.41) is 17.3. The van der Waals surface area contributed by atoms with E-state index in [1.807, 2.05) is 57.4 Å². The Hall–Kier alpha value is -4.70. The van der Waals surface area contributed by atoms with Gasteiger partial charge in [0.25, 0.3) is 5.89 Å². The molecule has 1 atom stereocenters. The second kappa shape index (κ2) is 9.25. The summed E-state index contributed by atoms with van der Waals surface area (Å²) in [5.74, 6) is 0.653. The second-order valence-corrected chi connectivity index (χ2v) is 9.92. The average Bonchev–Trinajstić information content (AvgIpc) is 3.50. The predicted molar refractivity (Wildman–Crippen MR) is 151 cm³/mol. The molecule has 10 nitrogen and oxygen atoms in total. The lowest BCUT2D eigenvalue weighted by molar-refractivity contribution is 0.587. The number of rotatable bonds is 5. The van der Waals surface area contributed by atoms with Gasteiger partial charge in [-0.2, -0.15) is 5.10 Å². The van der Waals surface area contributed by atoms with Crippen molar-refractivity contribution in [3.05, 3.63) is 80.7 Å². The zero-order valence-electron chi connectivity index (χ0n) is 21.6. The van der Waals surface area contributed by atoms with Crippen molar-refractivity contribution < 1.29 is 8.83 Å². The van der Waals surface area contributed by atoms with Crippen molar-refractivity contribution in [1.82, 2.24) is 25.0 Å². The summed E-state index contributed by atoms with van der Waals surface area (Å²) in [6, 6.07) is 12.7. The Morgan fingerprint density at radius 3 is 2.67 bits per heavy atom. The van der Waals surface area contributed by atoms with Gasteiger partial charge in [0.1, 0.15) is 16.5 Å². The highest BCUT2D eigenvalue weighted by atomic mass is 35.5. The van der Waals surface area contributed by atoms with Crippen LogP contribution in [0.15, 0.2) is 62.3 Å². The van der Waals surface area contributed by atoms with Gasteiger partial charge in [-0.25, -0.2) is 4.98 Å². The molecule has 0 amide bonds. The van der Waals surface area contributed by atoms with Crippen LogP contribution in [0.1, 0.15) is 29.7 Å². The molecule has 4 aromatic heterocycles. The molecule has 0 bridgehead atoms. The molecular weight excluding hydrogens is 518 g/mol. The fraction of sp³-hybridized carbons (Fsp3) is 0.179. The smallest absolute Gasteiger partial charge is 0.313 e. The largest absolute Gasteiger partial charge is 0.455 e.